The van der Waals surface area contributed by atoms with E-state index in [0.29, 0.717) is 5.92 Å². The number of carbonyl (C=O) groups excluding carboxylic acids is 2. The van der Waals surface area contributed by atoms with E-state index < -0.39 is 64.2 Å². The van der Waals surface area contributed by atoms with Gasteiger partial charge in [0.05, 0.1) is 6.04 Å². The molecule has 29 heavy (non-hydrogen) atoms. The van der Waals surface area contributed by atoms with Crippen molar-refractivity contribution in [3.63, 3.8) is 0 Å². The number of hydrogen-bond acceptors (Lipinski definition) is 3. The third-order valence-electron chi connectivity index (χ3n) is 5.36. The third-order valence-corrected chi connectivity index (χ3v) is 5.36. The Kier molecular flexibility index (Phi) is 4.76. The van der Waals surface area contributed by atoms with Gasteiger partial charge in [-0.1, -0.05) is 30.7 Å². The van der Waals surface area contributed by atoms with Crippen LogP contribution in [0.2, 0.25) is 0 Å². The van der Waals surface area contributed by atoms with Crippen LogP contribution < -0.4 is 10.1 Å². The van der Waals surface area contributed by atoms with Gasteiger partial charge in [-0.05, 0) is 24.3 Å². The Balaban J connectivity index is 1.58. The molecule has 0 radical (unpaired) electrons. The molecule has 2 aliphatic carbocycles. The highest BCUT2D eigenvalue weighted by atomic mass is 19.2. The number of fused-ring (bicyclic) bond motifs is 1. The number of nitrogens with one attached hydrogen (secondary N) is 1. The predicted molar refractivity (Wildman–Crippen MR) is 89.9 cm³/mol. The van der Waals surface area contributed by atoms with Gasteiger partial charge in [0.15, 0.2) is 0 Å². The molecule has 1 N–H and O–H groups in total. The molecule has 4 nitrogen and oxygen atoms in total. The number of halogens is 5. The number of allylic oxidation sites excluding steroid dienone is 2. The Bertz CT molecular complexity index is 981. The van der Waals surface area contributed by atoms with Crippen LogP contribution in [-0.2, 0) is 9.59 Å². The van der Waals surface area contributed by atoms with Crippen LogP contribution in [-0.4, -0.2) is 17.9 Å². The maximum absolute atomic E-state index is 13.7. The van der Waals surface area contributed by atoms with Gasteiger partial charge in [-0.25, -0.2) is 18.0 Å². The van der Waals surface area contributed by atoms with Crippen LogP contribution in [0.4, 0.5) is 22.0 Å². The summed E-state index contributed by atoms with van der Waals surface area (Å²) in [7, 11) is 0. The highest BCUT2D eigenvalue weighted by molar-refractivity contribution is 6.17. The van der Waals surface area contributed by atoms with Crippen LogP contribution in [0, 0.1) is 40.9 Å². The number of amides is 1. The molecule has 152 valence electrons. The van der Waals surface area contributed by atoms with Crippen molar-refractivity contribution in [1.82, 2.24) is 5.32 Å². The second-order valence-electron chi connectivity index (χ2n) is 7.10. The molecule has 1 saturated carbocycles. The minimum Gasteiger partial charge on any atom is -0.416 e. The molecule has 1 aromatic rings. The highest BCUT2D eigenvalue weighted by Crippen LogP contribution is 2.37. The van der Waals surface area contributed by atoms with Crippen molar-refractivity contribution < 1.29 is 36.3 Å². The van der Waals surface area contributed by atoms with E-state index in [4.69, 9.17) is 0 Å². The Labute approximate surface area is 161 Å². The maximum atomic E-state index is 13.7. The number of hydrogen-bond donors (Lipinski definition) is 1. The normalized spacial score (nSPS) is 23.6. The minimum absolute atomic E-state index is 0.395. The van der Waals surface area contributed by atoms with Crippen molar-refractivity contribution in [1.29, 1.82) is 0 Å². The van der Waals surface area contributed by atoms with Crippen LogP contribution >= 0.6 is 0 Å². The molecule has 0 saturated heterocycles. The van der Waals surface area contributed by atoms with Crippen molar-refractivity contribution >= 4 is 11.9 Å². The molecule has 1 aromatic carbocycles. The first-order valence-electron chi connectivity index (χ1n) is 8.94. The summed E-state index contributed by atoms with van der Waals surface area (Å²) in [5.74, 6) is -15.6. The summed E-state index contributed by atoms with van der Waals surface area (Å²) in [6.07, 6.45) is 10.1. The first-order valence-corrected chi connectivity index (χ1v) is 8.94. The fourth-order valence-corrected chi connectivity index (χ4v) is 3.51. The molecule has 4 rings (SSSR count). The second-order valence-corrected chi connectivity index (χ2v) is 7.10. The summed E-state index contributed by atoms with van der Waals surface area (Å²) in [5.41, 5.74) is 0.513. The topological polar surface area (TPSA) is 55.4 Å². The molecule has 2 atom stereocenters. The number of rotatable bonds is 3. The van der Waals surface area contributed by atoms with Gasteiger partial charge >= 0.3 is 5.97 Å². The van der Waals surface area contributed by atoms with Crippen molar-refractivity contribution in [2.75, 3.05) is 0 Å². The molecule has 3 aliphatic rings. The Morgan fingerprint density at radius 1 is 0.966 bits per heavy atom. The standard InChI is InChI=1S/C20H14F5NO3/c21-13-14(22)16(24)18(17(25)15(13)23)29-20(28)11-6-10-5-4-9(8-2-1-3-8)7-12(10)26-19(11)27/h4-8,10,12H,1-3H2,(H,26,27). The predicted octanol–water partition coefficient (Wildman–Crippen LogP) is 3.62. The Morgan fingerprint density at radius 2 is 1.59 bits per heavy atom. The van der Waals surface area contributed by atoms with E-state index in [9.17, 15) is 31.5 Å². The van der Waals surface area contributed by atoms with Crippen LogP contribution in [0.3, 0.4) is 0 Å². The van der Waals surface area contributed by atoms with Gasteiger partial charge in [-0.15, -0.1) is 0 Å². The Hall–Kier alpha value is -2.97. The molecule has 0 spiro atoms. The first-order chi connectivity index (χ1) is 13.8. The average molecular weight is 411 g/mol. The van der Waals surface area contributed by atoms with Crippen molar-refractivity contribution in [3.05, 3.63) is 64.5 Å². The fraction of sp³-hybridized carbons (Fsp3) is 0.300. The number of ether oxygens (including phenoxy) is 1. The van der Waals surface area contributed by atoms with Gasteiger partial charge in [0, 0.05) is 5.92 Å². The van der Waals surface area contributed by atoms with Gasteiger partial charge in [0.1, 0.15) is 5.57 Å². The van der Waals surface area contributed by atoms with E-state index in [2.05, 4.69) is 10.1 Å². The second kappa shape index (κ2) is 7.13. The van der Waals surface area contributed by atoms with E-state index in [1.54, 1.807) is 6.08 Å². The first kappa shape index (κ1) is 19.4. The van der Waals surface area contributed by atoms with Crippen molar-refractivity contribution in [3.8, 4) is 5.75 Å². The molecule has 9 heteroatoms. The Morgan fingerprint density at radius 3 is 2.17 bits per heavy atom. The van der Waals surface area contributed by atoms with Gasteiger partial charge in [0.25, 0.3) is 5.91 Å². The summed E-state index contributed by atoms with van der Waals surface area (Å²) < 4.78 is 71.4. The fourth-order valence-electron chi connectivity index (χ4n) is 3.51. The van der Waals surface area contributed by atoms with E-state index in [1.807, 2.05) is 12.2 Å². The SMILES string of the molecule is O=C1NC2C=C(C3CCC3)C=CC2C=C1C(=O)Oc1c(F)c(F)c(F)c(F)c1F. The summed E-state index contributed by atoms with van der Waals surface area (Å²) in [6, 6.07) is -0.395. The van der Waals surface area contributed by atoms with Gasteiger partial charge in [0.2, 0.25) is 34.8 Å². The maximum Gasteiger partial charge on any atom is 0.349 e. The highest BCUT2D eigenvalue weighted by Gasteiger charge is 2.36. The lowest BCUT2D eigenvalue weighted by Gasteiger charge is -2.34. The summed E-state index contributed by atoms with van der Waals surface area (Å²) in [5, 5.41) is 2.60. The zero-order valence-electron chi connectivity index (χ0n) is 14.8. The largest absolute Gasteiger partial charge is 0.416 e. The van der Waals surface area contributed by atoms with Gasteiger partial charge in [-0.2, -0.15) is 8.78 Å². The monoisotopic (exact) mass is 411 g/mol. The summed E-state index contributed by atoms with van der Waals surface area (Å²) in [4.78, 5) is 24.5. The molecule has 1 fully saturated rings. The molecular formula is C20H14F5NO3. The van der Waals surface area contributed by atoms with Gasteiger partial charge < -0.3 is 10.1 Å². The summed E-state index contributed by atoms with van der Waals surface area (Å²) in [6.45, 7) is 0. The zero-order valence-corrected chi connectivity index (χ0v) is 14.8. The molecular weight excluding hydrogens is 397 g/mol. The van der Waals surface area contributed by atoms with E-state index in [-0.39, 0.29) is 0 Å². The van der Waals surface area contributed by atoms with Crippen LogP contribution in [0.1, 0.15) is 19.3 Å². The molecule has 2 unspecified atom stereocenters. The quantitative estimate of drug-likeness (QED) is 0.206. The van der Waals surface area contributed by atoms with E-state index in [1.165, 1.54) is 6.08 Å². The molecule has 1 aliphatic heterocycles. The van der Waals surface area contributed by atoms with Crippen LogP contribution in [0.25, 0.3) is 0 Å². The zero-order chi connectivity index (χ0) is 20.9. The van der Waals surface area contributed by atoms with Crippen LogP contribution in [0.15, 0.2) is 35.5 Å². The van der Waals surface area contributed by atoms with Crippen molar-refractivity contribution in [2.24, 2.45) is 11.8 Å². The lowest BCUT2D eigenvalue weighted by atomic mass is 9.75. The van der Waals surface area contributed by atoms with Gasteiger partial charge in [-0.3, -0.25) is 4.79 Å². The lowest BCUT2D eigenvalue weighted by molar-refractivity contribution is -0.133. The van der Waals surface area contributed by atoms with E-state index in [0.717, 1.165) is 24.8 Å². The summed E-state index contributed by atoms with van der Waals surface area (Å²) >= 11 is 0. The van der Waals surface area contributed by atoms with Crippen LogP contribution in [0.5, 0.6) is 5.75 Å². The number of carbonyl (C=O) groups is 2. The molecule has 0 aromatic heterocycles. The lowest BCUT2D eigenvalue weighted by Crippen LogP contribution is -2.46. The van der Waals surface area contributed by atoms with E-state index >= 15 is 0 Å². The van der Waals surface area contributed by atoms with Crippen molar-refractivity contribution in [2.45, 2.75) is 25.3 Å². The third kappa shape index (κ3) is 3.24. The molecule has 1 amide bonds. The number of benzene rings is 1. The average Bonchev–Trinajstić information content (AvgIpc) is 2.66. The minimum atomic E-state index is -2.38. The molecule has 1 heterocycles. The molecule has 0 bridgehead atoms. The smallest absolute Gasteiger partial charge is 0.349 e. The number of esters is 1.